The van der Waals surface area contributed by atoms with E-state index in [1.54, 1.807) is 12.1 Å². The first-order chi connectivity index (χ1) is 6.58. The smallest absolute Gasteiger partial charge is 0.489 e. The predicted molar refractivity (Wildman–Crippen MR) is 60.6 cm³/mol. The maximum atomic E-state index is 9.33. The van der Waals surface area contributed by atoms with Crippen LogP contribution >= 0.6 is 24.0 Å². The number of hydrogen-bond acceptors (Lipinski definition) is 5. The van der Waals surface area contributed by atoms with Crippen LogP contribution in [-0.2, 0) is 0 Å². The van der Waals surface area contributed by atoms with Gasteiger partial charge in [-0.05, 0) is 29.0 Å². The van der Waals surface area contributed by atoms with Crippen molar-refractivity contribution in [2.45, 2.75) is 4.21 Å². The second kappa shape index (κ2) is 3.47. The lowest BCUT2D eigenvalue weighted by Gasteiger charge is -2.02. The summed E-state index contributed by atoms with van der Waals surface area (Å²) in [7, 11) is -1.58. The van der Waals surface area contributed by atoms with Crippen LogP contribution in [-0.4, -0.2) is 22.3 Å². The average Bonchev–Trinajstić information content (AvgIpc) is 2.42. The third-order valence-electron chi connectivity index (χ3n) is 1.92. The summed E-state index contributed by atoms with van der Waals surface area (Å²) >= 11 is 5.55. The number of phenols is 1. The molecule has 0 unspecified atom stereocenters. The molecule has 0 aliphatic heterocycles. The molecular weight excluding hydrogens is 219 g/mol. The zero-order chi connectivity index (χ0) is 10.3. The predicted octanol–water partition coefficient (Wildman–Crippen LogP) is 0.575. The summed E-state index contributed by atoms with van der Waals surface area (Å²) in [5.74, 6) is 0.0239. The first kappa shape index (κ1) is 9.85. The van der Waals surface area contributed by atoms with Crippen molar-refractivity contribution in [3.8, 4) is 5.75 Å². The molecule has 2 rings (SSSR count). The van der Waals surface area contributed by atoms with Gasteiger partial charge >= 0.3 is 7.12 Å². The number of fused-ring (bicyclic) bond motifs is 1. The standard InChI is InChI=1S/C8H7BO3S2/c10-4-1-6(9(11)12)5-3-8(13)14-7(5)2-4/h1-3,10-13H. The molecule has 0 spiro atoms. The summed E-state index contributed by atoms with van der Waals surface area (Å²) in [6.45, 7) is 0. The van der Waals surface area contributed by atoms with Crippen molar-refractivity contribution >= 4 is 46.6 Å². The van der Waals surface area contributed by atoms with Crippen molar-refractivity contribution in [1.29, 1.82) is 0 Å². The van der Waals surface area contributed by atoms with Gasteiger partial charge < -0.3 is 15.2 Å². The molecule has 0 aliphatic rings. The van der Waals surface area contributed by atoms with Crippen molar-refractivity contribution < 1.29 is 15.2 Å². The van der Waals surface area contributed by atoms with E-state index >= 15 is 0 Å². The SMILES string of the molecule is OB(O)c1cc(O)cc2sc(S)cc12. The summed E-state index contributed by atoms with van der Waals surface area (Å²) in [6.07, 6.45) is 0. The fraction of sp³-hybridized carbons (Fsp3) is 0. The van der Waals surface area contributed by atoms with Gasteiger partial charge in [-0.1, -0.05) is 0 Å². The van der Waals surface area contributed by atoms with Gasteiger partial charge in [-0.3, -0.25) is 0 Å². The summed E-state index contributed by atoms with van der Waals surface area (Å²) < 4.78 is 1.56. The average molecular weight is 226 g/mol. The summed E-state index contributed by atoms with van der Waals surface area (Å²) in [6, 6.07) is 4.66. The molecule has 0 radical (unpaired) electrons. The lowest BCUT2D eigenvalue weighted by molar-refractivity contribution is 0.425. The van der Waals surface area contributed by atoms with Crippen LogP contribution in [0.2, 0.25) is 0 Å². The second-order valence-electron chi connectivity index (χ2n) is 2.91. The van der Waals surface area contributed by atoms with Crippen LogP contribution < -0.4 is 5.46 Å². The van der Waals surface area contributed by atoms with Gasteiger partial charge in [-0.2, -0.15) is 0 Å². The van der Waals surface area contributed by atoms with Gasteiger partial charge in [0.2, 0.25) is 0 Å². The lowest BCUT2D eigenvalue weighted by Crippen LogP contribution is -2.30. The molecule has 1 aromatic heterocycles. The number of thiol groups is 1. The highest BCUT2D eigenvalue weighted by atomic mass is 32.2. The molecule has 3 N–H and O–H groups in total. The Balaban J connectivity index is 2.79. The summed E-state index contributed by atoms with van der Waals surface area (Å²) in [5, 5.41) is 28.2. The Morgan fingerprint density at radius 1 is 1.21 bits per heavy atom. The Hall–Kier alpha value is -0.685. The largest absolute Gasteiger partial charge is 0.508 e. The molecular formula is C8H7BO3S2. The quantitative estimate of drug-likeness (QED) is 0.425. The van der Waals surface area contributed by atoms with Gasteiger partial charge in [0.25, 0.3) is 0 Å². The van der Waals surface area contributed by atoms with E-state index < -0.39 is 7.12 Å². The minimum absolute atomic E-state index is 0.0239. The Labute approximate surface area is 90.2 Å². The molecule has 1 aromatic carbocycles. The first-order valence-electron chi connectivity index (χ1n) is 3.89. The van der Waals surface area contributed by atoms with Gasteiger partial charge in [0.1, 0.15) is 5.75 Å². The zero-order valence-corrected chi connectivity index (χ0v) is 8.72. The number of phenolic OH excluding ortho intramolecular Hbond substituents is 1. The number of hydrogen-bond donors (Lipinski definition) is 4. The summed E-state index contributed by atoms with van der Waals surface area (Å²) in [4.78, 5) is 0. The molecule has 0 amide bonds. The number of thiophene rings is 1. The molecule has 2 aromatic rings. The molecule has 0 bridgehead atoms. The van der Waals surface area contributed by atoms with E-state index in [1.807, 2.05) is 0 Å². The van der Waals surface area contributed by atoms with E-state index in [0.29, 0.717) is 10.8 Å². The monoisotopic (exact) mass is 226 g/mol. The van der Waals surface area contributed by atoms with Crippen LogP contribution in [0.4, 0.5) is 0 Å². The van der Waals surface area contributed by atoms with Crippen molar-refractivity contribution in [3.63, 3.8) is 0 Å². The fourth-order valence-corrected chi connectivity index (χ4v) is 2.64. The fourth-order valence-electron chi connectivity index (χ4n) is 1.35. The Morgan fingerprint density at radius 3 is 2.57 bits per heavy atom. The normalized spacial score (nSPS) is 10.8. The third-order valence-corrected chi connectivity index (χ3v) is 3.21. The van der Waals surface area contributed by atoms with E-state index in [4.69, 9.17) is 10.0 Å². The van der Waals surface area contributed by atoms with Crippen molar-refractivity contribution in [2.75, 3.05) is 0 Å². The van der Waals surface area contributed by atoms with E-state index in [-0.39, 0.29) is 5.75 Å². The third kappa shape index (κ3) is 1.61. The molecule has 0 fully saturated rings. The van der Waals surface area contributed by atoms with E-state index in [1.165, 1.54) is 17.4 Å². The number of benzene rings is 1. The molecule has 6 heteroatoms. The highest BCUT2D eigenvalue weighted by molar-refractivity contribution is 7.83. The van der Waals surface area contributed by atoms with Crippen molar-refractivity contribution in [2.24, 2.45) is 0 Å². The lowest BCUT2D eigenvalue weighted by atomic mass is 9.78. The maximum Gasteiger partial charge on any atom is 0.489 e. The Bertz CT molecular complexity index is 481. The van der Waals surface area contributed by atoms with Gasteiger partial charge in [0.05, 0.1) is 4.21 Å². The van der Waals surface area contributed by atoms with Gasteiger partial charge in [-0.25, -0.2) is 0 Å². The van der Waals surface area contributed by atoms with Crippen LogP contribution in [0.25, 0.3) is 10.1 Å². The molecule has 3 nitrogen and oxygen atoms in total. The molecule has 0 atom stereocenters. The first-order valence-corrected chi connectivity index (χ1v) is 5.16. The Morgan fingerprint density at radius 2 is 1.93 bits per heavy atom. The molecule has 1 heterocycles. The van der Waals surface area contributed by atoms with Gasteiger partial charge in [0, 0.05) is 4.70 Å². The minimum atomic E-state index is -1.58. The maximum absolute atomic E-state index is 9.33. The van der Waals surface area contributed by atoms with Crippen LogP contribution in [0, 0.1) is 0 Å². The van der Waals surface area contributed by atoms with Crippen LogP contribution in [0.15, 0.2) is 22.4 Å². The van der Waals surface area contributed by atoms with Crippen LogP contribution in [0.3, 0.4) is 0 Å². The topological polar surface area (TPSA) is 60.7 Å². The van der Waals surface area contributed by atoms with Crippen LogP contribution in [0.5, 0.6) is 5.75 Å². The van der Waals surface area contributed by atoms with Crippen LogP contribution in [0.1, 0.15) is 0 Å². The number of rotatable bonds is 1. The zero-order valence-electron chi connectivity index (χ0n) is 7.01. The molecule has 0 saturated carbocycles. The van der Waals surface area contributed by atoms with Gasteiger partial charge in [0.15, 0.2) is 0 Å². The van der Waals surface area contributed by atoms with Crippen molar-refractivity contribution in [3.05, 3.63) is 18.2 Å². The summed E-state index contributed by atoms with van der Waals surface area (Å²) in [5.41, 5.74) is 0.302. The van der Waals surface area contributed by atoms with E-state index in [9.17, 15) is 5.11 Å². The molecule has 0 saturated heterocycles. The number of aromatic hydroxyl groups is 1. The molecule has 72 valence electrons. The van der Waals surface area contributed by atoms with Gasteiger partial charge in [-0.15, -0.1) is 24.0 Å². The highest BCUT2D eigenvalue weighted by Crippen LogP contribution is 2.29. The Kier molecular flexibility index (Phi) is 2.44. The van der Waals surface area contributed by atoms with E-state index in [2.05, 4.69) is 12.6 Å². The molecule has 14 heavy (non-hydrogen) atoms. The molecule has 0 aliphatic carbocycles. The highest BCUT2D eigenvalue weighted by Gasteiger charge is 2.17. The minimum Gasteiger partial charge on any atom is -0.508 e. The van der Waals surface area contributed by atoms with E-state index in [0.717, 1.165) is 8.91 Å². The second-order valence-corrected chi connectivity index (χ2v) is 4.77. The van der Waals surface area contributed by atoms with Crippen molar-refractivity contribution in [1.82, 2.24) is 0 Å².